The number of aryl methyl sites for hydroxylation is 3. The minimum absolute atomic E-state index is 0.120. The molecule has 0 saturated heterocycles. The lowest BCUT2D eigenvalue weighted by Crippen LogP contribution is -2.22. The lowest BCUT2D eigenvalue weighted by atomic mass is 10.1. The van der Waals surface area contributed by atoms with Crippen LogP contribution in [0.4, 0.5) is 0 Å². The second kappa shape index (κ2) is 4.71. The van der Waals surface area contributed by atoms with Crippen molar-refractivity contribution in [2.75, 3.05) is 6.54 Å². The molecule has 0 aliphatic carbocycles. The molecule has 1 atom stereocenters. The van der Waals surface area contributed by atoms with Crippen LogP contribution in [0.1, 0.15) is 29.9 Å². The van der Waals surface area contributed by atoms with E-state index in [0.717, 1.165) is 17.9 Å². The van der Waals surface area contributed by atoms with E-state index in [2.05, 4.69) is 28.5 Å². The van der Waals surface area contributed by atoms with Crippen LogP contribution in [0.2, 0.25) is 0 Å². The Kier molecular flexibility index (Phi) is 3.28. The van der Waals surface area contributed by atoms with Crippen molar-refractivity contribution >= 4 is 0 Å². The van der Waals surface area contributed by atoms with Gasteiger partial charge in [0.2, 0.25) is 0 Å². The first-order valence-corrected chi connectivity index (χ1v) is 5.83. The van der Waals surface area contributed by atoms with Gasteiger partial charge in [0.1, 0.15) is 0 Å². The summed E-state index contributed by atoms with van der Waals surface area (Å²) in [6.07, 6.45) is 5.92. The Morgan fingerprint density at radius 1 is 1.35 bits per heavy atom. The van der Waals surface area contributed by atoms with E-state index in [1.54, 1.807) is 0 Å². The lowest BCUT2D eigenvalue weighted by Gasteiger charge is -2.14. The van der Waals surface area contributed by atoms with Crippen LogP contribution in [0.5, 0.6) is 0 Å². The Labute approximate surface area is 101 Å². The number of hydrogen-bond donors (Lipinski definition) is 1. The fourth-order valence-corrected chi connectivity index (χ4v) is 2.06. The number of imidazole rings is 1. The summed E-state index contributed by atoms with van der Waals surface area (Å²) in [6.45, 7) is 5.03. The Hall–Kier alpha value is -1.62. The molecule has 0 amide bonds. The van der Waals surface area contributed by atoms with Gasteiger partial charge in [-0.05, 0) is 13.5 Å². The van der Waals surface area contributed by atoms with E-state index in [1.165, 1.54) is 5.56 Å². The molecule has 0 aromatic carbocycles. The molecule has 1 N–H and O–H groups in total. The van der Waals surface area contributed by atoms with Crippen LogP contribution in [0.3, 0.4) is 0 Å². The van der Waals surface area contributed by atoms with E-state index in [1.807, 2.05) is 42.8 Å². The van der Waals surface area contributed by atoms with Crippen molar-refractivity contribution in [1.82, 2.24) is 24.6 Å². The molecule has 2 aromatic rings. The van der Waals surface area contributed by atoms with Crippen molar-refractivity contribution in [3.05, 3.63) is 35.7 Å². The molecule has 92 valence electrons. The van der Waals surface area contributed by atoms with Gasteiger partial charge in [-0.15, -0.1) is 0 Å². The zero-order chi connectivity index (χ0) is 12.4. The maximum atomic E-state index is 4.42. The normalized spacial score (nSPS) is 12.9. The van der Waals surface area contributed by atoms with Crippen LogP contribution >= 0.6 is 0 Å². The summed E-state index contributed by atoms with van der Waals surface area (Å²) >= 11 is 0. The number of aromatic nitrogens is 4. The smallest absolute Gasteiger partial charge is 0.0947 e. The average molecular weight is 233 g/mol. The fraction of sp³-hybridized carbons (Fsp3) is 0.500. The highest BCUT2D eigenvalue weighted by atomic mass is 15.3. The van der Waals surface area contributed by atoms with Crippen molar-refractivity contribution in [3.8, 4) is 0 Å². The van der Waals surface area contributed by atoms with Crippen molar-refractivity contribution in [3.63, 3.8) is 0 Å². The molecule has 0 aliphatic rings. The van der Waals surface area contributed by atoms with Crippen molar-refractivity contribution < 1.29 is 0 Å². The zero-order valence-corrected chi connectivity index (χ0v) is 10.8. The van der Waals surface area contributed by atoms with Crippen LogP contribution < -0.4 is 5.32 Å². The number of hydrogen-bond acceptors (Lipinski definition) is 3. The number of nitrogens with one attached hydrogen (secondary N) is 1. The molecule has 17 heavy (non-hydrogen) atoms. The number of nitrogens with zero attached hydrogens (tertiary/aromatic N) is 4. The summed E-state index contributed by atoms with van der Waals surface area (Å²) in [4.78, 5) is 4.42. The summed E-state index contributed by atoms with van der Waals surface area (Å²) in [5.41, 5.74) is 3.27. The molecule has 5 nitrogen and oxygen atoms in total. The van der Waals surface area contributed by atoms with Crippen LogP contribution in [-0.2, 0) is 14.1 Å². The highest BCUT2D eigenvalue weighted by molar-refractivity contribution is 5.28. The minimum Gasteiger partial charge on any atom is -0.340 e. The lowest BCUT2D eigenvalue weighted by molar-refractivity contribution is 0.614. The van der Waals surface area contributed by atoms with E-state index in [4.69, 9.17) is 0 Å². The molecule has 0 fully saturated rings. The topological polar surface area (TPSA) is 47.7 Å². The SMILES string of the molecule is CCNC(c1cn(C)cn1)c1cn(C)nc1C. The summed E-state index contributed by atoms with van der Waals surface area (Å²) in [5, 5.41) is 7.84. The van der Waals surface area contributed by atoms with E-state index >= 15 is 0 Å². The van der Waals surface area contributed by atoms with Gasteiger partial charge >= 0.3 is 0 Å². The van der Waals surface area contributed by atoms with Crippen molar-refractivity contribution in [1.29, 1.82) is 0 Å². The van der Waals surface area contributed by atoms with Gasteiger partial charge in [-0.25, -0.2) is 4.98 Å². The molecule has 5 heteroatoms. The van der Waals surface area contributed by atoms with Gasteiger partial charge in [-0.2, -0.15) is 5.10 Å². The summed E-state index contributed by atoms with van der Waals surface area (Å²) in [6, 6.07) is 0.120. The van der Waals surface area contributed by atoms with Crippen molar-refractivity contribution in [2.45, 2.75) is 19.9 Å². The molecule has 1 unspecified atom stereocenters. The fourth-order valence-electron chi connectivity index (χ4n) is 2.06. The van der Waals surface area contributed by atoms with Crippen LogP contribution in [0.15, 0.2) is 18.7 Å². The zero-order valence-electron chi connectivity index (χ0n) is 10.8. The van der Waals surface area contributed by atoms with E-state index in [-0.39, 0.29) is 6.04 Å². The quantitative estimate of drug-likeness (QED) is 0.862. The Morgan fingerprint density at radius 2 is 2.12 bits per heavy atom. The molecular formula is C12H19N5. The van der Waals surface area contributed by atoms with Crippen LogP contribution in [-0.4, -0.2) is 25.9 Å². The molecule has 2 heterocycles. The van der Waals surface area contributed by atoms with Crippen molar-refractivity contribution in [2.24, 2.45) is 14.1 Å². The Balaban J connectivity index is 2.38. The van der Waals surface area contributed by atoms with E-state index < -0.39 is 0 Å². The average Bonchev–Trinajstić information content (AvgIpc) is 2.82. The third-order valence-corrected chi connectivity index (χ3v) is 2.79. The first kappa shape index (κ1) is 11.9. The van der Waals surface area contributed by atoms with Gasteiger partial charge in [-0.1, -0.05) is 6.92 Å². The highest BCUT2D eigenvalue weighted by Gasteiger charge is 2.19. The predicted molar refractivity (Wildman–Crippen MR) is 66.7 cm³/mol. The van der Waals surface area contributed by atoms with Crippen LogP contribution in [0.25, 0.3) is 0 Å². The highest BCUT2D eigenvalue weighted by Crippen LogP contribution is 2.22. The van der Waals surface area contributed by atoms with Gasteiger partial charge in [0.25, 0.3) is 0 Å². The predicted octanol–water partition coefficient (Wildman–Crippen LogP) is 1.16. The third kappa shape index (κ3) is 2.39. The Bertz CT molecular complexity index is 497. The molecule has 2 rings (SSSR count). The number of rotatable bonds is 4. The summed E-state index contributed by atoms with van der Waals surface area (Å²) in [5.74, 6) is 0. The van der Waals surface area contributed by atoms with Crippen LogP contribution in [0, 0.1) is 6.92 Å². The first-order valence-electron chi connectivity index (χ1n) is 5.83. The summed E-state index contributed by atoms with van der Waals surface area (Å²) in [7, 11) is 3.92. The molecular weight excluding hydrogens is 214 g/mol. The largest absolute Gasteiger partial charge is 0.340 e. The second-order valence-corrected chi connectivity index (χ2v) is 4.30. The molecule has 0 saturated carbocycles. The van der Waals surface area contributed by atoms with Gasteiger partial charge in [0, 0.05) is 32.1 Å². The van der Waals surface area contributed by atoms with Gasteiger partial charge in [0.15, 0.2) is 0 Å². The Morgan fingerprint density at radius 3 is 2.59 bits per heavy atom. The standard InChI is InChI=1S/C12H19N5/c1-5-13-12(11-7-16(3)8-14-11)10-6-17(4)15-9(10)2/h6-8,12-13H,5H2,1-4H3. The van der Waals surface area contributed by atoms with E-state index in [9.17, 15) is 0 Å². The first-order chi connectivity index (χ1) is 8.11. The molecule has 0 radical (unpaired) electrons. The second-order valence-electron chi connectivity index (χ2n) is 4.30. The summed E-state index contributed by atoms with van der Waals surface area (Å²) < 4.78 is 3.81. The van der Waals surface area contributed by atoms with Gasteiger partial charge < -0.3 is 9.88 Å². The third-order valence-electron chi connectivity index (χ3n) is 2.79. The van der Waals surface area contributed by atoms with Gasteiger partial charge in [-0.3, -0.25) is 4.68 Å². The minimum atomic E-state index is 0.120. The molecule has 0 aliphatic heterocycles. The molecule has 0 spiro atoms. The monoisotopic (exact) mass is 233 g/mol. The molecule has 2 aromatic heterocycles. The van der Waals surface area contributed by atoms with Gasteiger partial charge in [0.05, 0.1) is 23.8 Å². The maximum absolute atomic E-state index is 4.42. The van der Waals surface area contributed by atoms with E-state index in [0.29, 0.717) is 0 Å². The maximum Gasteiger partial charge on any atom is 0.0947 e. The molecule has 0 bridgehead atoms.